The van der Waals surface area contributed by atoms with E-state index in [0.29, 0.717) is 18.0 Å². The van der Waals surface area contributed by atoms with Crippen molar-refractivity contribution in [3.8, 4) is 0 Å². The van der Waals surface area contributed by atoms with Crippen LogP contribution in [0.1, 0.15) is 29.6 Å². The molecular weight excluding hydrogens is 362 g/mol. The molecule has 3 N–H and O–H groups in total. The Morgan fingerprint density at radius 2 is 2.04 bits per heavy atom. The predicted molar refractivity (Wildman–Crippen MR) is 102 cm³/mol. The van der Waals surface area contributed by atoms with E-state index >= 15 is 0 Å². The maximum absolute atomic E-state index is 12.1. The van der Waals surface area contributed by atoms with Crippen LogP contribution in [0.2, 0.25) is 0 Å². The number of sulfonamides is 1. The minimum Gasteiger partial charge on any atom is -0.352 e. The fraction of sp³-hybridized carbons (Fsp3) is 0.471. The van der Waals surface area contributed by atoms with Crippen molar-refractivity contribution in [1.82, 2.24) is 15.4 Å². The Morgan fingerprint density at radius 3 is 2.64 bits per heavy atom. The van der Waals surface area contributed by atoms with Crippen molar-refractivity contribution in [3.05, 3.63) is 42.5 Å². The van der Waals surface area contributed by atoms with E-state index in [1.165, 1.54) is 43.2 Å². The molecule has 0 saturated carbocycles. The van der Waals surface area contributed by atoms with E-state index in [2.05, 4.69) is 21.9 Å². The molecule has 0 aromatic heterocycles. The summed E-state index contributed by atoms with van der Waals surface area (Å²) in [7, 11) is -3.56. The number of rotatable bonds is 8. The average Bonchev–Trinajstić information content (AvgIpc) is 2.61. The van der Waals surface area contributed by atoms with Crippen molar-refractivity contribution in [2.75, 3.05) is 26.2 Å². The van der Waals surface area contributed by atoms with E-state index in [4.69, 9.17) is 0 Å². The van der Waals surface area contributed by atoms with Crippen LogP contribution in [0.3, 0.4) is 0 Å². The van der Waals surface area contributed by atoms with Crippen LogP contribution < -0.4 is 15.4 Å². The molecule has 1 aliphatic heterocycles. The Bertz CT molecular complexity index is 656. The van der Waals surface area contributed by atoms with Crippen LogP contribution >= 0.6 is 12.4 Å². The number of hydrogen-bond donors (Lipinski definition) is 3. The first-order chi connectivity index (χ1) is 11.5. The molecule has 1 aromatic rings. The fourth-order valence-electron chi connectivity index (χ4n) is 2.70. The lowest BCUT2D eigenvalue weighted by Crippen LogP contribution is -2.33. The number of halogens is 1. The highest BCUT2D eigenvalue weighted by Crippen LogP contribution is 2.13. The van der Waals surface area contributed by atoms with Gasteiger partial charge in [0.15, 0.2) is 0 Å². The number of benzene rings is 1. The number of amides is 1. The maximum Gasteiger partial charge on any atom is 0.251 e. The third-order valence-electron chi connectivity index (χ3n) is 4.08. The first kappa shape index (κ1) is 21.6. The van der Waals surface area contributed by atoms with Gasteiger partial charge in [-0.2, -0.15) is 0 Å². The van der Waals surface area contributed by atoms with Crippen LogP contribution in [0.4, 0.5) is 0 Å². The highest BCUT2D eigenvalue weighted by molar-refractivity contribution is 7.89. The van der Waals surface area contributed by atoms with Crippen molar-refractivity contribution >= 4 is 28.3 Å². The molecule has 25 heavy (non-hydrogen) atoms. The van der Waals surface area contributed by atoms with Gasteiger partial charge in [-0.15, -0.1) is 19.0 Å². The zero-order chi connectivity index (χ0) is 17.4. The van der Waals surface area contributed by atoms with Gasteiger partial charge < -0.3 is 10.6 Å². The van der Waals surface area contributed by atoms with Crippen molar-refractivity contribution in [2.24, 2.45) is 5.92 Å². The summed E-state index contributed by atoms with van der Waals surface area (Å²) in [4.78, 5) is 12.2. The molecule has 0 spiro atoms. The second-order valence-electron chi connectivity index (χ2n) is 5.92. The summed E-state index contributed by atoms with van der Waals surface area (Å²) in [5, 5.41) is 6.25. The molecule has 140 valence electrons. The molecule has 0 aliphatic carbocycles. The Labute approximate surface area is 155 Å². The summed E-state index contributed by atoms with van der Waals surface area (Å²) < 4.78 is 26.3. The van der Waals surface area contributed by atoms with Crippen LogP contribution in [0.5, 0.6) is 0 Å². The van der Waals surface area contributed by atoms with Gasteiger partial charge >= 0.3 is 0 Å². The second-order valence-corrected chi connectivity index (χ2v) is 7.69. The standard InChI is InChI=1S/C17H25N3O3S.ClH/c1-2-10-20-24(22,23)16-7-5-15(6-8-16)17(21)19-12-9-14-4-3-11-18-13-14;/h2,5-8,14,18,20H,1,3-4,9-13H2,(H,19,21);1H. The lowest BCUT2D eigenvalue weighted by molar-refractivity contribution is 0.0950. The SMILES string of the molecule is C=CCNS(=O)(=O)c1ccc(C(=O)NCCC2CCCNC2)cc1.Cl. The van der Waals surface area contributed by atoms with Gasteiger partial charge in [0, 0.05) is 18.7 Å². The van der Waals surface area contributed by atoms with Crippen molar-refractivity contribution in [3.63, 3.8) is 0 Å². The predicted octanol–water partition coefficient (Wildman–Crippen LogP) is 1.69. The quantitative estimate of drug-likeness (QED) is 0.592. The molecule has 0 bridgehead atoms. The maximum atomic E-state index is 12.1. The largest absolute Gasteiger partial charge is 0.352 e. The summed E-state index contributed by atoms with van der Waals surface area (Å²) in [6.45, 7) is 6.37. The molecule has 8 heteroatoms. The molecule has 1 unspecified atom stereocenters. The van der Waals surface area contributed by atoms with Crippen molar-refractivity contribution < 1.29 is 13.2 Å². The molecule has 2 rings (SSSR count). The normalized spacial score (nSPS) is 17.4. The molecule has 1 aliphatic rings. The van der Waals surface area contributed by atoms with E-state index in [9.17, 15) is 13.2 Å². The van der Waals surface area contributed by atoms with E-state index in [-0.39, 0.29) is 29.8 Å². The monoisotopic (exact) mass is 387 g/mol. The third-order valence-corrected chi connectivity index (χ3v) is 5.52. The molecule has 1 aromatic carbocycles. The van der Waals surface area contributed by atoms with Gasteiger partial charge in [-0.25, -0.2) is 13.1 Å². The number of nitrogens with one attached hydrogen (secondary N) is 3. The Morgan fingerprint density at radius 1 is 1.32 bits per heavy atom. The lowest BCUT2D eigenvalue weighted by Gasteiger charge is -2.22. The lowest BCUT2D eigenvalue weighted by atomic mass is 9.96. The fourth-order valence-corrected chi connectivity index (χ4v) is 3.70. The smallest absolute Gasteiger partial charge is 0.251 e. The van der Waals surface area contributed by atoms with Crippen molar-refractivity contribution in [1.29, 1.82) is 0 Å². The average molecular weight is 388 g/mol. The van der Waals surface area contributed by atoms with Crippen LogP contribution in [0.25, 0.3) is 0 Å². The van der Waals surface area contributed by atoms with Crippen LogP contribution in [-0.2, 0) is 10.0 Å². The summed E-state index contributed by atoms with van der Waals surface area (Å²) in [6, 6.07) is 5.93. The van der Waals surface area contributed by atoms with Gasteiger partial charge in [-0.3, -0.25) is 4.79 Å². The topological polar surface area (TPSA) is 87.3 Å². The molecule has 1 atom stereocenters. The van der Waals surface area contributed by atoms with Gasteiger partial charge in [-0.1, -0.05) is 6.08 Å². The Kier molecular flexibility index (Phi) is 9.13. The zero-order valence-corrected chi connectivity index (χ0v) is 15.8. The molecular formula is C17H26ClN3O3S. The van der Waals surface area contributed by atoms with E-state index in [1.54, 1.807) is 0 Å². The third kappa shape index (κ3) is 6.78. The van der Waals surface area contributed by atoms with Gasteiger partial charge in [0.25, 0.3) is 5.91 Å². The van der Waals surface area contributed by atoms with Crippen molar-refractivity contribution in [2.45, 2.75) is 24.2 Å². The summed E-state index contributed by atoms with van der Waals surface area (Å²) in [5.41, 5.74) is 0.458. The van der Waals surface area contributed by atoms with E-state index in [1.807, 2.05) is 0 Å². The van der Waals surface area contributed by atoms with Crippen LogP contribution in [0, 0.1) is 5.92 Å². The van der Waals surface area contributed by atoms with Gasteiger partial charge in [0.1, 0.15) is 0 Å². The highest BCUT2D eigenvalue weighted by atomic mass is 35.5. The van der Waals surface area contributed by atoms with Gasteiger partial charge in [0.05, 0.1) is 4.90 Å². The first-order valence-electron chi connectivity index (χ1n) is 8.22. The molecule has 1 amide bonds. The van der Waals surface area contributed by atoms with Crippen LogP contribution in [-0.4, -0.2) is 40.5 Å². The molecule has 1 heterocycles. The highest BCUT2D eigenvalue weighted by Gasteiger charge is 2.15. The second kappa shape index (κ2) is 10.6. The summed E-state index contributed by atoms with van der Waals surface area (Å²) in [6.07, 6.45) is 4.82. The number of hydrogen-bond acceptors (Lipinski definition) is 4. The molecule has 1 saturated heterocycles. The van der Waals surface area contributed by atoms with Gasteiger partial charge in [-0.05, 0) is 62.5 Å². The molecule has 6 nitrogen and oxygen atoms in total. The minimum absolute atomic E-state index is 0. The number of carbonyl (C=O) groups is 1. The minimum atomic E-state index is -3.56. The first-order valence-corrected chi connectivity index (χ1v) is 9.71. The Hall–Kier alpha value is -1.41. The molecule has 0 radical (unpaired) electrons. The van der Waals surface area contributed by atoms with E-state index < -0.39 is 10.0 Å². The summed E-state index contributed by atoms with van der Waals surface area (Å²) >= 11 is 0. The van der Waals surface area contributed by atoms with Crippen LogP contribution in [0.15, 0.2) is 41.8 Å². The number of carbonyl (C=O) groups excluding carboxylic acids is 1. The van der Waals surface area contributed by atoms with Gasteiger partial charge in [0.2, 0.25) is 10.0 Å². The number of piperidine rings is 1. The van der Waals surface area contributed by atoms with E-state index in [0.717, 1.165) is 19.5 Å². The molecule has 1 fully saturated rings. The summed E-state index contributed by atoms with van der Waals surface area (Å²) in [5.74, 6) is 0.435. The Balaban J connectivity index is 0.00000312. The zero-order valence-electron chi connectivity index (χ0n) is 14.2.